The highest BCUT2D eigenvalue weighted by molar-refractivity contribution is 7.60. The van der Waals surface area contributed by atoms with E-state index in [0.29, 0.717) is 24.5 Å². The molecule has 0 bridgehead atoms. The molecule has 0 aliphatic heterocycles. The number of azo groups is 1. The summed E-state index contributed by atoms with van der Waals surface area (Å²) in [7, 11) is -2.37. The third-order valence-electron chi connectivity index (χ3n) is 4.54. The Balaban J connectivity index is 1.94. The molecule has 0 saturated carbocycles. The summed E-state index contributed by atoms with van der Waals surface area (Å²) < 4.78 is 11.3. The Labute approximate surface area is 170 Å². The van der Waals surface area contributed by atoms with Gasteiger partial charge in [-0.25, -0.2) is 0 Å². The second-order valence-corrected chi connectivity index (χ2v) is 8.41. The summed E-state index contributed by atoms with van der Waals surface area (Å²) in [5, 5.41) is 11.0. The van der Waals surface area contributed by atoms with Crippen LogP contribution in [-0.4, -0.2) is 35.8 Å². The largest absolute Gasteiger partial charge is 0.373 e. The molecule has 0 saturated heterocycles. The molecule has 29 heavy (non-hydrogen) atoms. The lowest BCUT2D eigenvalue weighted by Crippen LogP contribution is -2.35. The van der Waals surface area contributed by atoms with Gasteiger partial charge in [0.2, 0.25) is 5.91 Å². The van der Waals surface area contributed by atoms with Crippen LogP contribution in [0.15, 0.2) is 58.8 Å². The number of likely N-dealkylation sites (N-methyl/N-ethyl adjacent to an activating group) is 1. The fraction of sp³-hybridized carbons (Fsp3) is 0.350. The zero-order valence-corrected chi connectivity index (χ0v) is 17.7. The summed E-state index contributed by atoms with van der Waals surface area (Å²) in [6, 6.07) is 13.2. The van der Waals surface area contributed by atoms with Crippen LogP contribution in [0, 0.1) is 5.92 Å². The van der Waals surface area contributed by atoms with Gasteiger partial charge in [-0.15, -0.1) is 0 Å². The number of rotatable bonds is 9. The molecule has 0 fully saturated rings. The number of carbonyl (C=O) groups excluding carboxylic acids is 1. The molecular weight excluding hydrogens is 391 g/mol. The van der Waals surface area contributed by atoms with Crippen LogP contribution in [0.4, 0.5) is 17.1 Å². The standard InChI is InChI=1S/C20H27N4O4P/c1-4-15(2)20(25)21-12-13-24(3)18-10-8-16(9-11-18)22-23-17-6-5-7-19(14-17)29(26,27)28/h5-11,14-15H,4,12-13H2,1-3H3,(H,21,25)(H2,26,27,28). The summed E-state index contributed by atoms with van der Waals surface area (Å²) in [5.74, 6) is 0.0896. The molecule has 1 atom stereocenters. The van der Waals surface area contributed by atoms with Crippen molar-refractivity contribution in [2.45, 2.75) is 20.3 Å². The lowest BCUT2D eigenvalue weighted by Gasteiger charge is -2.20. The van der Waals surface area contributed by atoms with Crippen molar-refractivity contribution in [2.24, 2.45) is 16.1 Å². The van der Waals surface area contributed by atoms with Crippen LogP contribution in [0.3, 0.4) is 0 Å². The molecule has 9 heteroatoms. The van der Waals surface area contributed by atoms with E-state index in [1.165, 1.54) is 18.2 Å². The average molecular weight is 418 g/mol. The Morgan fingerprint density at radius 1 is 1.14 bits per heavy atom. The van der Waals surface area contributed by atoms with Gasteiger partial charge in [-0.2, -0.15) is 10.2 Å². The highest BCUT2D eigenvalue weighted by Gasteiger charge is 2.16. The Morgan fingerprint density at radius 3 is 2.41 bits per heavy atom. The van der Waals surface area contributed by atoms with E-state index in [9.17, 15) is 19.1 Å². The number of anilines is 1. The first-order valence-electron chi connectivity index (χ1n) is 9.37. The summed E-state index contributed by atoms with van der Waals surface area (Å²) in [6.07, 6.45) is 0.821. The molecule has 8 nitrogen and oxygen atoms in total. The second-order valence-electron chi connectivity index (χ2n) is 6.80. The molecule has 0 heterocycles. The van der Waals surface area contributed by atoms with Crippen molar-refractivity contribution in [1.29, 1.82) is 0 Å². The first-order valence-corrected chi connectivity index (χ1v) is 11.0. The number of benzene rings is 2. The number of carbonyl (C=O) groups is 1. The zero-order valence-electron chi connectivity index (χ0n) is 16.8. The van der Waals surface area contributed by atoms with Crippen LogP contribution in [-0.2, 0) is 9.36 Å². The van der Waals surface area contributed by atoms with Crippen molar-refractivity contribution in [3.8, 4) is 0 Å². The van der Waals surface area contributed by atoms with Gasteiger partial charge in [0.05, 0.1) is 16.7 Å². The topological polar surface area (TPSA) is 115 Å². The van der Waals surface area contributed by atoms with Crippen LogP contribution in [0.5, 0.6) is 0 Å². The van der Waals surface area contributed by atoms with Crippen molar-refractivity contribution in [2.75, 3.05) is 25.0 Å². The van der Waals surface area contributed by atoms with Gasteiger partial charge >= 0.3 is 7.60 Å². The number of hydrogen-bond acceptors (Lipinski definition) is 5. The maximum absolute atomic E-state index is 11.8. The minimum absolute atomic E-state index is 0.0207. The van der Waals surface area contributed by atoms with E-state index >= 15 is 0 Å². The fourth-order valence-electron chi connectivity index (χ4n) is 2.46. The molecule has 1 amide bonds. The van der Waals surface area contributed by atoms with E-state index in [4.69, 9.17) is 0 Å². The lowest BCUT2D eigenvalue weighted by atomic mass is 10.1. The number of nitrogens with zero attached hydrogens (tertiary/aromatic N) is 3. The first kappa shape index (κ1) is 22.7. The van der Waals surface area contributed by atoms with Crippen LogP contribution < -0.4 is 15.5 Å². The minimum Gasteiger partial charge on any atom is -0.373 e. The maximum Gasteiger partial charge on any atom is 0.356 e. The third kappa shape index (κ3) is 7.09. The molecule has 1 unspecified atom stereocenters. The molecule has 0 aliphatic rings. The molecule has 156 valence electrons. The highest BCUT2D eigenvalue weighted by atomic mass is 31.2. The van der Waals surface area contributed by atoms with Gasteiger partial charge in [0.15, 0.2) is 0 Å². The Bertz CT molecular complexity index is 896. The Morgan fingerprint density at radius 2 is 1.79 bits per heavy atom. The monoisotopic (exact) mass is 418 g/mol. The third-order valence-corrected chi connectivity index (χ3v) is 5.49. The number of hydrogen-bond donors (Lipinski definition) is 3. The summed E-state index contributed by atoms with van der Waals surface area (Å²) in [4.78, 5) is 32.3. The van der Waals surface area contributed by atoms with Gasteiger partial charge in [-0.3, -0.25) is 9.36 Å². The predicted octanol–water partition coefficient (Wildman–Crippen LogP) is 3.50. The van der Waals surface area contributed by atoms with Gasteiger partial charge in [0.1, 0.15) is 0 Å². The van der Waals surface area contributed by atoms with E-state index in [1.807, 2.05) is 37.9 Å². The molecule has 0 aromatic heterocycles. The van der Waals surface area contributed by atoms with Crippen LogP contribution >= 0.6 is 7.60 Å². The van der Waals surface area contributed by atoms with Gasteiger partial charge < -0.3 is 20.0 Å². The lowest BCUT2D eigenvalue weighted by molar-refractivity contribution is -0.124. The van der Waals surface area contributed by atoms with E-state index in [2.05, 4.69) is 15.5 Å². The fourth-order valence-corrected chi connectivity index (χ4v) is 3.04. The number of amides is 1. The SMILES string of the molecule is CCC(C)C(=O)NCCN(C)c1ccc(N=Nc2cccc(P(=O)(O)O)c2)cc1. The first-order chi connectivity index (χ1) is 13.7. The van der Waals surface area contributed by atoms with E-state index < -0.39 is 7.60 Å². The molecule has 2 aromatic carbocycles. The highest BCUT2D eigenvalue weighted by Crippen LogP contribution is 2.34. The Kier molecular flexibility index (Phi) is 8.08. The molecule has 2 rings (SSSR count). The zero-order chi connectivity index (χ0) is 21.4. The molecule has 2 aromatic rings. The van der Waals surface area contributed by atoms with E-state index in [-0.39, 0.29) is 17.1 Å². The minimum atomic E-state index is -4.32. The van der Waals surface area contributed by atoms with Gasteiger partial charge in [0, 0.05) is 31.7 Å². The summed E-state index contributed by atoms with van der Waals surface area (Å²) in [6.45, 7) is 5.15. The Hall–Kier alpha value is -2.54. The van der Waals surface area contributed by atoms with Crippen molar-refractivity contribution in [1.82, 2.24) is 5.32 Å². The van der Waals surface area contributed by atoms with E-state index in [1.54, 1.807) is 18.2 Å². The van der Waals surface area contributed by atoms with Gasteiger partial charge in [-0.1, -0.05) is 19.9 Å². The predicted molar refractivity (Wildman–Crippen MR) is 114 cm³/mol. The van der Waals surface area contributed by atoms with E-state index in [0.717, 1.165) is 12.1 Å². The molecule has 0 radical (unpaired) electrons. The second kappa shape index (κ2) is 10.3. The van der Waals surface area contributed by atoms with Crippen LogP contribution in [0.1, 0.15) is 20.3 Å². The van der Waals surface area contributed by atoms with Crippen molar-refractivity contribution in [3.05, 3.63) is 48.5 Å². The van der Waals surface area contributed by atoms with Gasteiger partial charge in [-0.05, 0) is 48.9 Å². The quantitative estimate of drug-likeness (QED) is 0.426. The van der Waals surface area contributed by atoms with Crippen molar-refractivity contribution < 1.29 is 19.1 Å². The average Bonchev–Trinajstić information content (AvgIpc) is 2.71. The normalized spacial score (nSPS) is 12.7. The summed E-state index contributed by atoms with van der Waals surface area (Å²) in [5.41, 5.74) is 1.96. The smallest absolute Gasteiger partial charge is 0.356 e. The maximum atomic E-state index is 11.8. The van der Waals surface area contributed by atoms with Crippen LogP contribution in [0.2, 0.25) is 0 Å². The van der Waals surface area contributed by atoms with Gasteiger partial charge in [0.25, 0.3) is 0 Å². The van der Waals surface area contributed by atoms with Crippen molar-refractivity contribution in [3.63, 3.8) is 0 Å². The molecule has 0 aliphatic carbocycles. The van der Waals surface area contributed by atoms with Crippen LogP contribution in [0.25, 0.3) is 0 Å². The molecule has 0 spiro atoms. The molecule has 3 N–H and O–H groups in total. The number of nitrogens with one attached hydrogen (secondary N) is 1. The van der Waals surface area contributed by atoms with Crippen molar-refractivity contribution >= 4 is 35.9 Å². The molecular formula is C20H27N4O4P. The summed E-state index contributed by atoms with van der Waals surface area (Å²) >= 11 is 0.